The normalized spacial score (nSPS) is 11.5. The average molecular weight is 250 g/mol. The van der Waals surface area contributed by atoms with Gasteiger partial charge in [0.05, 0.1) is 13.0 Å². The number of ether oxygens (including phenoxy) is 5. The third-order valence-corrected chi connectivity index (χ3v) is 2.54. The molecule has 0 aliphatic rings. The van der Waals surface area contributed by atoms with Crippen molar-refractivity contribution in [1.82, 2.24) is 0 Å². The summed E-state index contributed by atoms with van der Waals surface area (Å²) in [4.78, 5) is 11.6. The Bertz CT molecular complexity index is 186. The first-order chi connectivity index (χ1) is 8.12. The summed E-state index contributed by atoms with van der Waals surface area (Å²) in [6, 6.07) is 0. The molecule has 0 unspecified atom stereocenters. The lowest BCUT2D eigenvalue weighted by Gasteiger charge is -2.22. The van der Waals surface area contributed by atoms with Crippen LogP contribution in [0.25, 0.3) is 0 Å². The van der Waals surface area contributed by atoms with Crippen LogP contribution in [-0.4, -0.2) is 54.1 Å². The van der Waals surface area contributed by atoms with E-state index in [0.717, 1.165) is 0 Å². The predicted molar refractivity (Wildman–Crippen MR) is 60.4 cm³/mol. The predicted octanol–water partition coefficient (Wildman–Crippen LogP) is 0.794. The van der Waals surface area contributed by atoms with Crippen LogP contribution in [0.4, 0.5) is 0 Å². The second-order valence-electron chi connectivity index (χ2n) is 3.49. The maximum atomic E-state index is 11.6. The summed E-state index contributed by atoms with van der Waals surface area (Å²) in [5.74, 6) is -0.724. The zero-order valence-electron chi connectivity index (χ0n) is 11.1. The molecule has 0 aromatic heterocycles. The number of hydrogen-bond acceptors (Lipinski definition) is 6. The van der Waals surface area contributed by atoms with Crippen molar-refractivity contribution in [1.29, 1.82) is 0 Å². The first-order valence-electron chi connectivity index (χ1n) is 5.31. The Kier molecular flexibility index (Phi) is 8.97. The smallest absolute Gasteiger partial charge is 0.309 e. The standard InChI is InChI=1S/C11H22O6/c1-13-9(14-2)6-8(11(12)17-5)7-10(15-3)16-4/h8-10H,6-7H2,1-5H3. The molecule has 0 amide bonds. The van der Waals surface area contributed by atoms with Crippen molar-refractivity contribution in [2.24, 2.45) is 5.92 Å². The number of esters is 1. The van der Waals surface area contributed by atoms with Gasteiger partial charge in [-0.05, 0) is 0 Å². The molecule has 0 aromatic carbocycles. The first kappa shape index (κ1) is 16.3. The van der Waals surface area contributed by atoms with Crippen molar-refractivity contribution in [3.63, 3.8) is 0 Å². The second-order valence-corrected chi connectivity index (χ2v) is 3.49. The van der Waals surface area contributed by atoms with E-state index in [1.165, 1.54) is 35.5 Å². The van der Waals surface area contributed by atoms with Gasteiger partial charge in [-0.3, -0.25) is 4.79 Å². The number of carbonyl (C=O) groups excluding carboxylic acids is 1. The highest BCUT2D eigenvalue weighted by Gasteiger charge is 2.27. The van der Waals surface area contributed by atoms with Gasteiger partial charge in [-0.1, -0.05) is 0 Å². The van der Waals surface area contributed by atoms with Crippen LogP contribution < -0.4 is 0 Å². The Morgan fingerprint density at radius 1 is 0.824 bits per heavy atom. The van der Waals surface area contributed by atoms with Gasteiger partial charge in [0, 0.05) is 41.3 Å². The molecule has 0 rings (SSSR count). The molecule has 0 saturated heterocycles. The van der Waals surface area contributed by atoms with Crippen LogP contribution in [0.5, 0.6) is 0 Å². The largest absolute Gasteiger partial charge is 0.469 e. The minimum atomic E-state index is -0.450. The SMILES string of the molecule is COC(=O)C(CC(OC)OC)CC(OC)OC. The van der Waals surface area contributed by atoms with Crippen molar-refractivity contribution < 1.29 is 28.5 Å². The van der Waals surface area contributed by atoms with Gasteiger partial charge in [-0.2, -0.15) is 0 Å². The van der Waals surface area contributed by atoms with Gasteiger partial charge in [0.2, 0.25) is 0 Å². The van der Waals surface area contributed by atoms with E-state index in [2.05, 4.69) is 0 Å². The fourth-order valence-electron chi connectivity index (χ4n) is 1.50. The third kappa shape index (κ3) is 5.97. The minimum absolute atomic E-state index is 0.330. The zero-order valence-corrected chi connectivity index (χ0v) is 11.1. The van der Waals surface area contributed by atoms with E-state index in [-0.39, 0.29) is 5.97 Å². The van der Waals surface area contributed by atoms with Crippen LogP contribution in [-0.2, 0) is 28.5 Å². The van der Waals surface area contributed by atoms with Gasteiger partial charge >= 0.3 is 5.97 Å². The lowest BCUT2D eigenvalue weighted by Crippen LogP contribution is -2.29. The highest BCUT2D eigenvalue weighted by atomic mass is 16.7. The number of carbonyl (C=O) groups is 1. The van der Waals surface area contributed by atoms with Gasteiger partial charge < -0.3 is 23.7 Å². The molecule has 0 atom stereocenters. The Morgan fingerprint density at radius 3 is 1.41 bits per heavy atom. The molecule has 0 radical (unpaired) electrons. The van der Waals surface area contributed by atoms with Gasteiger partial charge in [-0.25, -0.2) is 0 Å². The van der Waals surface area contributed by atoms with E-state index in [0.29, 0.717) is 12.8 Å². The average Bonchev–Trinajstić information content (AvgIpc) is 2.38. The van der Waals surface area contributed by atoms with E-state index in [9.17, 15) is 4.79 Å². The third-order valence-electron chi connectivity index (χ3n) is 2.54. The summed E-state index contributed by atoms with van der Waals surface area (Å²) in [5, 5.41) is 0. The monoisotopic (exact) mass is 250 g/mol. The summed E-state index contributed by atoms with van der Waals surface area (Å²) < 4.78 is 25.0. The number of rotatable bonds is 9. The number of hydrogen-bond donors (Lipinski definition) is 0. The Hall–Kier alpha value is -0.690. The number of methoxy groups -OCH3 is 5. The van der Waals surface area contributed by atoms with Crippen LogP contribution in [0, 0.1) is 5.92 Å². The Balaban J connectivity index is 4.47. The highest BCUT2D eigenvalue weighted by Crippen LogP contribution is 2.19. The summed E-state index contributed by atoms with van der Waals surface area (Å²) in [5.41, 5.74) is 0. The van der Waals surface area contributed by atoms with Crippen molar-refractivity contribution in [3.05, 3.63) is 0 Å². The molecule has 0 aromatic rings. The molecule has 0 spiro atoms. The summed E-state index contributed by atoms with van der Waals surface area (Å²) in [7, 11) is 7.43. The highest BCUT2D eigenvalue weighted by molar-refractivity contribution is 5.72. The summed E-state index contributed by atoms with van der Waals surface area (Å²) in [6.45, 7) is 0. The van der Waals surface area contributed by atoms with Gasteiger partial charge in [0.1, 0.15) is 0 Å². The maximum Gasteiger partial charge on any atom is 0.309 e. The molecule has 6 heteroatoms. The fourth-order valence-corrected chi connectivity index (χ4v) is 1.50. The van der Waals surface area contributed by atoms with Crippen molar-refractivity contribution in [2.45, 2.75) is 25.4 Å². The molecular weight excluding hydrogens is 228 g/mol. The fraction of sp³-hybridized carbons (Fsp3) is 0.909. The van der Waals surface area contributed by atoms with E-state index >= 15 is 0 Å². The van der Waals surface area contributed by atoms with Crippen molar-refractivity contribution >= 4 is 5.97 Å². The molecule has 0 fully saturated rings. The van der Waals surface area contributed by atoms with Crippen LogP contribution in [0.15, 0.2) is 0 Å². The molecule has 0 heterocycles. The van der Waals surface area contributed by atoms with Crippen molar-refractivity contribution in [3.8, 4) is 0 Å². The minimum Gasteiger partial charge on any atom is -0.469 e. The summed E-state index contributed by atoms with van der Waals surface area (Å²) >= 11 is 0. The van der Waals surface area contributed by atoms with Crippen molar-refractivity contribution in [2.75, 3.05) is 35.5 Å². The molecule has 102 valence electrons. The van der Waals surface area contributed by atoms with Gasteiger partial charge in [-0.15, -0.1) is 0 Å². The van der Waals surface area contributed by atoms with E-state index in [1.54, 1.807) is 0 Å². The van der Waals surface area contributed by atoms with E-state index in [4.69, 9.17) is 23.7 Å². The lowest BCUT2D eigenvalue weighted by atomic mass is 10.0. The zero-order chi connectivity index (χ0) is 13.3. The Labute approximate surface area is 102 Å². The molecule has 6 nitrogen and oxygen atoms in total. The molecule has 0 N–H and O–H groups in total. The van der Waals surface area contributed by atoms with Crippen LogP contribution >= 0.6 is 0 Å². The van der Waals surface area contributed by atoms with Gasteiger partial charge in [0.25, 0.3) is 0 Å². The van der Waals surface area contributed by atoms with Gasteiger partial charge in [0.15, 0.2) is 12.6 Å². The van der Waals surface area contributed by atoms with Crippen LogP contribution in [0.3, 0.4) is 0 Å². The topological polar surface area (TPSA) is 63.2 Å². The molecule has 0 aliphatic carbocycles. The van der Waals surface area contributed by atoms with Crippen LogP contribution in [0.1, 0.15) is 12.8 Å². The molecule has 0 saturated carbocycles. The molecule has 0 bridgehead atoms. The Morgan fingerprint density at radius 2 is 1.18 bits per heavy atom. The first-order valence-corrected chi connectivity index (χ1v) is 5.31. The quantitative estimate of drug-likeness (QED) is 0.445. The van der Waals surface area contributed by atoms with Crippen LogP contribution in [0.2, 0.25) is 0 Å². The summed E-state index contributed by atoms with van der Waals surface area (Å²) in [6.07, 6.45) is -0.117. The molecular formula is C11H22O6. The lowest BCUT2D eigenvalue weighted by molar-refractivity contribution is -0.165. The van der Waals surface area contributed by atoms with E-state index in [1.807, 2.05) is 0 Å². The van der Waals surface area contributed by atoms with E-state index < -0.39 is 18.5 Å². The second kappa shape index (κ2) is 9.35. The maximum absolute atomic E-state index is 11.6. The molecule has 17 heavy (non-hydrogen) atoms. The molecule has 0 aliphatic heterocycles.